The van der Waals surface area contributed by atoms with E-state index in [1.54, 1.807) is 0 Å². The summed E-state index contributed by atoms with van der Waals surface area (Å²) >= 11 is 4.37. The molecule has 98 valence electrons. The van der Waals surface area contributed by atoms with Gasteiger partial charge in [-0.1, -0.05) is 46.0 Å². The summed E-state index contributed by atoms with van der Waals surface area (Å²) in [7, 11) is 0. The standard InChI is InChI=1S/C14H30OS/c1-4-6-7-8-10-13(3)15-11-14(12-16)9-5-2/h13-14,16H,4-12H2,1-3H3. The molecule has 0 aromatic rings. The largest absolute Gasteiger partial charge is 0.378 e. The van der Waals surface area contributed by atoms with Crippen molar-refractivity contribution in [2.45, 2.75) is 71.8 Å². The minimum atomic E-state index is 0.427. The van der Waals surface area contributed by atoms with Crippen molar-refractivity contribution in [3.63, 3.8) is 0 Å². The molecule has 16 heavy (non-hydrogen) atoms. The molecular weight excluding hydrogens is 216 g/mol. The maximum absolute atomic E-state index is 5.88. The van der Waals surface area contributed by atoms with Crippen LogP contribution in [0.25, 0.3) is 0 Å². The van der Waals surface area contributed by atoms with Gasteiger partial charge in [-0.25, -0.2) is 0 Å². The highest BCUT2D eigenvalue weighted by molar-refractivity contribution is 7.80. The van der Waals surface area contributed by atoms with Crippen LogP contribution in [0.4, 0.5) is 0 Å². The number of thiol groups is 1. The van der Waals surface area contributed by atoms with E-state index in [1.807, 2.05) is 0 Å². The Balaban J connectivity index is 3.43. The first-order valence-corrected chi connectivity index (χ1v) is 7.60. The molecule has 0 aromatic carbocycles. The van der Waals surface area contributed by atoms with Gasteiger partial charge in [-0.05, 0) is 31.4 Å². The average Bonchev–Trinajstić information content (AvgIpc) is 2.30. The lowest BCUT2D eigenvalue weighted by atomic mass is 10.1. The van der Waals surface area contributed by atoms with Gasteiger partial charge in [-0.3, -0.25) is 0 Å². The summed E-state index contributed by atoms with van der Waals surface area (Å²) < 4.78 is 5.88. The van der Waals surface area contributed by atoms with E-state index in [4.69, 9.17) is 4.74 Å². The fourth-order valence-electron chi connectivity index (χ4n) is 1.88. The monoisotopic (exact) mass is 246 g/mol. The van der Waals surface area contributed by atoms with Crippen LogP contribution in [0.3, 0.4) is 0 Å². The SMILES string of the molecule is CCCCCCC(C)OCC(CS)CCC. The van der Waals surface area contributed by atoms with E-state index >= 15 is 0 Å². The Bertz CT molecular complexity index is 139. The topological polar surface area (TPSA) is 9.23 Å². The Labute approximate surface area is 108 Å². The smallest absolute Gasteiger partial charge is 0.0547 e. The van der Waals surface area contributed by atoms with E-state index in [9.17, 15) is 0 Å². The molecular formula is C14H30OS. The molecule has 0 bridgehead atoms. The van der Waals surface area contributed by atoms with Gasteiger partial charge in [-0.2, -0.15) is 12.6 Å². The molecule has 2 heteroatoms. The third kappa shape index (κ3) is 9.53. The van der Waals surface area contributed by atoms with Crippen LogP contribution in [-0.4, -0.2) is 18.5 Å². The van der Waals surface area contributed by atoms with Gasteiger partial charge in [0, 0.05) is 0 Å². The first-order valence-electron chi connectivity index (χ1n) is 6.97. The second kappa shape index (κ2) is 11.8. The highest BCUT2D eigenvalue weighted by atomic mass is 32.1. The van der Waals surface area contributed by atoms with Crippen LogP contribution in [0, 0.1) is 5.92 Å². The Morgan fingerprint density at radius 1 is 1.00 bits per heavy atom. The molecule has 0 aliphatic carbocycles. The number of rotatable bonds is 11. The van der Waals surface area contributed by atoms with Gasteiger partial charge in [0.05, 0.1) is 12.7 Å². The molecule has 0 fully saturated rings. The van der Waals surface area contributed by atoms with Gasteiger partial charge in [0.25, 0.3) is 0 Å². The minimum absolute atomic E-state index is 0.427. The molecule has 0 heterocycles. The predicted octanol–water partition coefficient (Wildman–Crippen LogP) is 4.71. The zero-order valence-corrected chi connectivity index (χ0v) is 12.3. The van der Waals surface area contributed by atoms with Gasteiger partial charge in [0.1, 0.15) is 0 Å². The molecule has 0 radical (unpaired) electrons. The zero-order valence-electron chi connectivity index (χ0n) is 11.4. The van der Waals surface area contributed by atoms with Crippen LogP contribution >= 0.6 is 12.6 Å². The van der Waals surface area contributed by atoms with Crippen molar-refractivity contribution in [1.82, 2.24) is 0 Å². The number of ether oxygens (including phenoxy) is 1. The second-order valence-corrected chi connectivity index (χ2v) is 5.20. The van der Waals surface area contributed by atoms with Gasteiger partial charge in [0.2, 0.25) is 0 Å². The summed E-state index contributed by atoms with van der Waals surface area (Å²) in [5.74, 6) is 1.60. The van der Waals surface area contributed by atoms with Crippen LogP contribution < -0.4 is 0 Å². The summed E-state index contributed by atoms with van der Waals surface area (Å²) in [5, 5.41) is 0. The number of hydrogen-bond acceptors (Lipinski definition) is 2. The Morgan fingerprint density at radius 2 is 1.75 bits per heavy atom. The lowest BCUT2D eigenvalue weighted by Crippen LogP contribution is -2.17. The number of hydrogen-bond donors (Lipinski definition) is 1. The molecule has 0 spiro atoms. The van der Waals surface area contributed by atoms with E-state index < -0.39 is 0 Å². The summed E-state index contributed by atoms with van der Waals surface area (Å²) in [6.07, 6.45) is 9.46. The van der Waals surface area contributed by atoms with Crippen molar-refractivity contribution in [3.05, 3.63) is 0 Å². The Hall–Kier alpha value is 0.310. The van der Waals surface area contributed by atoms with E-state index in [0.29, 0.717) is 12.0 Å². The van der Waals surface area contributed by atoms with Crippen LogP contribution in [0.1, 0.15) is 65.7 Å². The van der Waals surface area contributed by atoms with Crippen LogP contribution in [0.5, 0.6) is 0 Å². The van der Waals surface area contributed by atoms with E-state index in [-0.39, 0.29) is 0 Å². The minimum Gasteiger partial charge on any atom is -0.378 e. The fraction of sp³-hybridized carbons (Fsp3) is 1.00. The molecule has 0 saturated carbocycles. The first-order chi connectivity index (χ1) is 7.74. The van der Waals surface area contributed by atoms with Crippen molar-refractivity contribution >= 4 is 12.6 Å². The van der Waals surface area contributed by atoms with Crippen molar-refractivity contribution in [2.24, 2.45) is 5.92 Å². The highest BCUT2D eigenvalue weighted by Crippen LogP contribution is 2.13. The molecule has 0 aromatic heterocycles. The average molecular weight is 246 g/mol. The number of unbranched alkanes of at least 4 members (excludes halogenated alkanes) is 3. The van der Waals surface area contributed by atoms with Gasteiger partial charge in [0.15, 0.2) is 0 Å². The van der Waals surface area contributed by atoms with E-state index in [0.717, 1.165) is 12.4 Å². The summed E-state index contributed by atoms with van der Waals surface area (Å²) in [4.78, 5) is 0. The fourth-order valence-corrected chi connectivity index (χ4v) is 2.17. The highest BCUT2D eigenvalue weighted by Gasteiger charge is 2.08. The lowest BCUT2D eigenvalue weighted by molar-refractivity contribution is 0.0367. The normalized spacial score (nSPS) is 15.0. The molecule has 0 aliphatic rings. The molecule has 2 unspecified atom stereocenters. The Kier molecular flexibility index (Phi) is 12.0. The summed E-state index contributed by atoms with van der Waals surface area (Å²) in [6, 6.07) is 0. The first kappa shape index (κ1) is 16.3. The third-order valence-corrected chi connectivity index (χ3v) is 3.55. The van der Waals surface area contributed by atoms with Crippen molar-refractivity contribution in [1.29, 1.82) is 0 Å². The lowest BCUT2D eigenvalue weighted by Gasteiger charge is -2.18. The molecule has 0 aliphatic heterocycles. The summed E-state index contributed by atoms with van der Waals surface area (Å²) in [6.45, 7) is 7.58. The molecule has 0 saturated heterocycles. The molecule has 0 rings (SSSR count). The molecule has 2 atom stereocenters. The zero-order chi connectivity index (χ0) is 12.2. The summed E-state index contributed by atoms with van der Waals surface area (Å²) in [5.41, 5.74) is 0. The maximum atomic E-state index is 5.88. The third-order valence-electron chi connectivity index (χ3n) is 3.04. The second-order valence-electron chi connectivity index (χ2n) is 4.83. The Morgan fingerprint density at radius 3 is 2.31 bits per heavy atom. The van der Waals surface area contributed by atoms with E-state index in [2.05, 4.69) is 33.4 Å². The van der Waals surface area contributed by atoms with E-state index in [1.165, 1.54) is 44.9 Å². The van der Waals surface area contributed by atoms with Crippen molar-refractivity contribution < 1.29 is 4.74 Å². The molecule has 1 nitrogen and oxygen atoms in total. The van der Waals surface area contributed by atoms with Crippen molar-refractivity contribution in [2.75, 3.05) is 12.4 Å². The van der Waals surface area contributed by atoms with Crippen LogP contribution in [-0.2, 0) is 4.74 Å². The van der Waals surface area contributed by atoms with Crippen molar-refractivity contribution in [3.8, 4) is 0 Å². The quantitative estimate of drug-likeness (QED) is 0.410. The van der Waals surface area contributed by atoms with Crippen LogP contribution in [0.15, 0.2) is 0 Å². The van der Waals surface area contributed by atoms with Crippen LogP contribution in [0.2, 0.25) is 0 Å². The molecule has 0 amide bonds. The van der Waals surface area contributed by atoms with Gasteiger partial charge >= 0.3 is 0 Å². The predicted molar refractivity (Wildman–Crippen MR) is 76.4 cm³/mol. The maximum Gasteiger partial charge on any atom is 0.0547 e. The van der Waals surface area contributed by atoms with Gasteiger partial charge in [-0.15, -0.1) is 0 Å². The van der Waals surface area contributed by atoms with Gasteiger partial charge < -0.3 is 4.74 Å². The molecule has 0 N–H and O–H groups in total.